The zero-order chi connectivity index (χ0) is 28.4. The molecule has 0 bridgehead atoms. The number of benzene rings is 2. The third kappa shape index (κ3) is 8.16. The fourth-order valence-corrected chi connectivity index (χ4v) is 5.12. The lowest BCUT2D eigenvalue weighted by Gasteiger charge is -2.06. The maximum atomic E-state index is 12.6. The number of nitrogens with zero attached hydrogens (tertiary/aromatic N) is 1. The Bertz CT molecular complexity index is 1530. The van der Waals surface area contributed by atoms with Crippen molar-refractivity contribution in [3.63, 3.8) is 0 Å². The average Bonchev–Trinajstić information content (AvgIpc) is 3.37. The predicted octanol–water partition coefficient (Wildman–Crippen LogP) is 4.44. The molecule has 0 spiro atoms. The van der Waals surface area contributed by atoms with Crippen LogP contribution in [0, 0.1) is 0 Å². The maximum Gasteiger partial charge on any atom is 0.300 e. The number of carbonyl (C=O) groups is 1. The summed E-state index contributed by atoms with van der Waals surface area (Å²) in [5.74, 6) is 0.183. The zero-order valence-corrected chi connectivity index (χ0v) is 23.4. The molecule has 39 heavy (non-hydrogen) atoms. The highest BCUT2D eigenvalue weighted by Gasteiger charge is 2.24. The van der Waals surface area contributed by atoms with Gasteiger partial charge in [0.15, 0.2) is 16.7 Å². The standard InChI is InChI=1S/C27H33N3O7S2/c1-19(11-9-7-5-3-4-6-8-10-12-24(31)29-16-15-28)27-30-25-22-14-13-21(38(32)33)17-20(22)18-23(26(25)37-27)39(34,35)36-2/h5,7,9,11,13-14,17-18H,1,3-4,6,8,10,12,15-16,28H2,2H3,(H,29,31)(H,32,33)/b7-5-,11-9-. The van der Waals surface area contributed by atoms with E-state index in [9.17, 15) is 22.0 Å². The molecule has 0 saturated carbocycles. The Balaban J connectivity index is 1.66. The Morgan fingerprint density at radius 1 is 1.23 bits per heavy atom. The SMILES string of the molecule is C=C(/C=C\C=C/CCCCCCC(=O)NCCN)c1nc2c(o1)c(S(=O)(=O)OC)cc1cc(S(=O)O)ccc12. The molecule has 0 aliphatic carbocycles. The number of hydrogen-bond donors (Lipinski definition) is 3. The monoisotopic (exact) mass is 575 g/mol. The molecular formula is C27H33N3O7S2. The second-order valence-corrected chi connectivity index (χ2v) is 11.4. The van der Waals surface area contributed by atoms with Crippen LogP contribution in [0.5, 0.6) is 0 Å². The Kier molecular flexibility index (Phi) is 11.1. The highest BCUT2D eigenvalue weighted by Crippen LogP contribution is 2.34. The van der Waals surface area contributed by atoms with Gasteiger partial charge in [-0.3, -0.25) is 8.98 Å². The van der Waals surface area contributed by atoms with Gasteiger partial charge < -0.3 is 20.0 Å². The van der Waals surface area contributed by atoms with E-state index in [2.05, 4.69) is 16.9 Å². The van der Waals surface area contributed by atoms with E-state index < -0.39 is 21.2 Å². The Hall–Kier alpha value is -3.16. The van der Waals surface area contributed by atoms with Crippen molar-refractivity contribution in [3.05, 3.63) is 61.0 Å². The van der Waals surface area contributed by atoms with Gasteiger partial charge in [0, 0.05) is 30.5 Å². The van der Waals surface area contributed by atoms with Gasteiger partial charge in [-0.1, -0.05) is 49.8 Å². The van der Waals surface area contributed by atoms with Gasteiger partial charge in [0.1, 0.15) is 10.4 Å². The third-order valence-electron chi connectivity index (χ3n) is 5.92. The lowest BCUT2D eigenvalue weighted by molar-refractivity contribution is -0.121. The largest absolute Gasteiger partial charge is 0.435 e. The molecule has 210 valence electrons. The van der Waals surface area contributed by atoms with Crippen LogP contribution in [-0.4, -0.2) is 48.3 Å². The first-order valence-electron chi connectivity index (χ1n) is 12.5. The lowest BCUT2D eigenvalue weighted by atomic mass is 10.1. The summed E-state index contributed by atoms with van der Waals surface area (Å²) in [6.07, 6.45) is 12.7. The van der Waals surface area contributed by atoms with Crippen LogP contribution >= 0.6 is 0 Å². The molecule has 0 fully saturated rings. The molecule has 3 rings (SSSR count). The van der Waals surface area contributed by atoms with Crippen LogP contribution in [0.15, 0.2) is 69.4 Å². The molecule has 1 heterocycles. The summed E-state index contributed by atoms with van der Waals surface area (Å²) in [5.41, 5.74) is 6.08. The summed E-state index contributed by atoms with van der Waals surface area (Å²) in [7, 11) is -3.12. The molecule has 10 nitrogen and oxygen atoms in total. The van der Waals surface area contributed by atoms with E-state index >= 15 is 0 Å². The number of allylic oxidation sites excluding steroid dienone is 5. The van der Waals surface area contributed by atoms with Gasteiger partial charge in [0.25, 0.3) is 0 Å². The first-order chi connectivity index (χ1) is 18.7. The molecule has 0 aliphatic heterocycles. The molecule has 1 unspecified atom stereocenters. The fourth-order valence-electron chi connectivity index (χ4n) is 3.89. The smallest absolute Gasteiger partial charge is 0.300 e. The van der Waals surface area contributed by atoms with Crippen molar-refractivity contribution >= 4 is 54.6 Å². The predicted molar refractivity (Wildman–Crippen MR) is 152 cm³/mol. The number of carbonyl (C=O) groups excluding carboxylic acids is 1. The van der Waals surface area contributed by atoms with Crippen LogP contribution in [0.25, 0.3) is 27.4 Å². The van der Waals surface area contributed by atoms with Crippen LogP contribution in [0.3, 0.4) is 0 Å². The van der Waals surface area contributed by atoms with Crippen molar-refractivity contribution < 1.29 is 30.6 Å². The van der Waals surface area contributed by atoms with Gasteiger partial charge in [-0.15, -0.1) is 0 Å². The molecule has 1 amide bonds. The van der Waals surface area contributed by atoms with Gasteiger partial charge in [0.05, 0.1) is 12.0 Å². The number of unbranched alkanes of at least 4 members (excludes halogenated alkanes) is 4. The average molecular weight is 576 g/mol. The molecular weight excluding hydrogens is 542 g/mol. The van der Waals surface area contributed by atoms with E-state index in [-0.39, 0.29) is 32.7 Å². The van der Waals surface area contributed by atoms with Crippen molar-refractivity contribution in [1.29, 1.82) is 0 Å². The van der Waals surface area contributed by atoms with Crippen LogP contribution in [0.4, 0.5) is 0 Å². The highest BCUT2D eigenvalue weighted by molar-refractivity contribution is 7.87. The quantitative estimate of drug-likeness (QED) is 0.103. The first kappa shape index (κ1) is 30.4. The van der Waals surface area contributed by atoms with E-state index in [1.165, 1.54) is 18.2 Å². The van der Waals surface area contributed by atoms with Crippen molar-refractivity contribution in [1.82, 2.24) is 10.3 Å². The molecule has 0 saturated heterocycles. The minimum Gasteiger partial charge on any atom is -0.435 e. The molecule has 1 aromatic heterocycles. The number of fused-ring (bicyclic) bond motifs is 3. The van der Waals surface area contributed by atoms with Crippen LogP contribution < -0.4 is 11.1 Å². The Morgan fingerprint density at radius 2 is 2.00 bits per heavy atom. The van der Waals surface area contributed by atoms with Crippen molar-refractivity contribution in [3.8, 4) is 0 Å². The molecule has 2 aromatic carbocycles. The molecule has 0 aliphatic rings. The maximum absolute atomic E-state index is 12.6. The van der Waals surface area contributed by atoms with Crippen molar-refractivity contribution in [2.45, 2.75) is 48.3 Å². The molecule has 0 radical (unpaired) electrons. The summed E-state index contributed by atoms with van der Waals surface area (Å²) in [6.45, 7) is 4.94. The molecule has 4 N–H and O–H groups in total. The number of oxazole rings is 1. The van der Waals surface area contributed by atoms with Crippen LogP contribution in [-0.2, 0) is 30.2 Å². The van der Waals surface area contributed by atoms with Gasteiger partial charge in [-0.05, 0) is 42.8 Å². The third-order valence-corrected chi connectivity index (χ3v) is 7.85. The minimum absolute atomic E-state index is 0.0131. The van der Waals surface area contributed by atoms with E-state index in [1.807, 2.05) is 12.2 Å². The molecule has 1 atom stereocenters. The summed E-state index contributed by atoms with van der Waals surface area (Å²) >= 11 is -2.23. The normalized spacial score (nSPS) is 13.1. The van der Waals surface area contributed by atoms with Gasteiger partial charge >= 0.3 is 10.1 Å². The number of amides is 1. The van der Waals surface area contributed by atoms with Gasteiger partial charge in [-0.25, -0.2) is 9.19 Å². The van der Waals surface area contributed by atoms with E-state index in [1.54, 1.807) is 18.2 Å². The van der Waals surface area contributed by atoms with Crippen LogP contribution in [0.2, 0.25) is 0 Å². The Labute approximate surface area is 230 Å². The van der Waals surface area contributed by atoms with E-state index in [0.29, 0.717) is 35.9 Å². The number of nitrogens with two attached hydrogens (primary N) is 1. The minimum atomic E-state index is -4.16. The number of nitrogens with one attached hydrogen (secondary N) is 1. The molecule has 3 aromatic rings. The van der Waals surface area contributed by atoms with Crippen molar-refractivity contribution in [2.75, 3.05) is 20.2 Å². The van der Waals surface area contributed by atoms with Crippen LogP contribution in [0.1, 0.15) is 44.4 Å². The summed E-state index contributed by atoms with van der Waals surface area (Å²) < 4.78 is 56.6. The summed E-state index contributed by atoms with van der Waals surface area (Å²) in [4.78, 5) is 15.9. The van der Waals surface area contributed by atoms with Gasteiger partial charge in [0.2, 0.25) is 11.8 Å². The number of aromatic nitrogens is 1. The fraction of sp³-hybridized carbons (Fsp3) is 0.333. The summed E-state index contributed by atoms with van der Waals surface area (Å²) in [6, 6.07) is 5.82. The van der Waals surface area contributed by atoms with Gasteiger partial charge in [-0.2, -0.15) is 8.42 Å². The number of hydrogen-bond acceptors (Lipinski definition) is 8. The lowest BCUT2D eigenvalue weighted by Crippen LogP contribution is -2.28. The summed E-state index contributed by atoms with van der Waals surface area (Å²) in [5, 5.41) is 3.71. The highest BCUT2D eigenvalue weighted by atomic mass is 32.2. The second kappa shape index (κ2) is 14.3. The second-order valence-electron chi connectivity index (χ2n) is 8.73. The topological polar surface area (TPSA) is 162 Å². The number of rotatable bonds is 15. The van der Waals surface area contributed by atoms with E-state index in [0.717, 1.165) is 39.2 Å². The van der Waals surface area contributed by atoms with E-state index in [4.69, 9.17) is 14.3 Å². The molecule has 12 heteroatoms. The van der Waals surface area contributed by atoms with Crippen molar-refractivity contribution in [2.24, 2.45) is 5.73 Å². The zero-order valence-electron chi connectivity index (χ0n) is 21.7. The Morgan fingerprint density at radius 3 is 2.72 bits per heavy atom. The first-order valence-corrected chi connectivity index (χ1v) is 15.0.